The first-order chi connectivity index (χ1) is 12.0. The summed E-state index contributed by atoms with van der Waals surface area (Å²) in [6.45, 7) is 4.34. The molecule has 0 spiro atoms. The van der Waals surface area contributed by atoms with Crippen molar-refractivity contribution in [2.24, 2.45) is 5.92 Å². The van der Waals surface area contributed by atoms with E-state index in [1.54, 1.807) is 0 Å². The molecule has 2 amide bonds. The molecule has 2 N–H and O–H groups in total. The standard InChI is InChI=1S/C20H31N3O2/c1-15(2)13-19(24)22-17-11-9-16(10-12-17)21-14-20(25)23(3)18-7-5-4-6-8-18/h9-12,15,18,21H,4-8,13-14H2,1-3H3,(H,22,24). The Morgan fingerprint density at radius 1 is 1.08 bits per heavy atom. The smallest absolute Gasteiger partial charge is 0.241 e. The third kappa shape index (κ3) is 6.40. The molecule has 1 aliphatic rings. The lowest BCUT2D eigenvalue weighted by Crippen LogP contribution is -2.41. The summed E-state index contributed by atoms with van der Waals surface area (Å²) in [5.74, 6) is 0.495. The van der Waals surface area contributed by atoms with E-state index in [9.17, 15) is 9.59 Å². The number of amides is 2. The van der Waals surface area contributed by atoms with Gasteiger partial charge >= 0.3 is 0 Å². The van der Waals surface area contributed by atoms with Gasteiger partial charge in [-0.2, -0.15) is 0 Å². The second kappa shape index (κ2) is 9.44. The highest BCUT2D eigenvalue weighted by Crippen LogP contribution is 2.21. The topological polar surface area (TPSA) is 61.4 Å². The van der Waals surface area contributed by atoms with Gasteiger partial charge < -0.3 is 15.5 Å². The van der Waals surface area contributed by atoms with Gasteiger partial charge in [-0.05, 0) is 43.0 Å². The van der Waals surface area contributed by atoms with Crippen molar-refractivity contribution in [1.82, 2.24) is 4.90 Å². The predicted octanol–water partition coefficient (Wildman–Crippen LogP) is 3.87. The van der Waals surface area contributed by atoms with E-state index in [2.05, 4.69) is 10.6 Å². The zero-order chi connectivity index (χ0) is 18.2. The Morgan fingerprint density at radius 2 is 1.68 bits per heavy atom. The first-order valence-corrected chi connectivity index (χ1v) is 9.35. The van der Waals surface area contributed by atoms with Crippen LogP contribution in [0.25, 0.3) is 0 Å². The van der Waals surface area contributed by atoms with Crippen LogP contribution in [0.3, 0.4) is 0 Å². The molecule has 0 heterocycles. The summed E-state index contributed by atoms with van der Waals surface area (Å²) in [6.07, 6.45) is 6.48. The molecular weight excluding hydrogens is 314 g/mol. The summed E-state index contributed by atoms with van der Waals surface area (Å²) >= 11 is 0. The van der Waals surface area contributed by atoms with Gasteiger partial charge in [0.15, 0.2) is 0 Å². The Kier molecular flexibility index (Phi) is 7.29. The van der Waals surface area contributed by atoms with Gasteiger partial charge in [-0.15, -0.1) is 0 Å². The summed E-state index contributed by atoms with van der Waals surface area (Å²) in [4.78, 5) is 26.0. The van der Waals surface area contributed by atoms with E-state index in [4.69, 9.17) is 0 Å². The van der Waals surface area contributed by atoms with E-state index in [0.717, 1.165) is 24.2 Å². The minimum absolute atomic E-state index is 0.0278. The Labute approximate surface area is 151 Å². The maximum absolute atomic E-state index is 12.3. The minimum atomic E-state index is 0.0278. The van der Waals surface area contributed by atoms with E-state index in [1.165, 1.54) is 19.3 Å². The predicted molar refractivity (Wildman–Crippen MR) is 103 cm³/mol. The zero-order valence-electron chi connectivity index (χ0n) is 15.7. The highest BCUT2D eigenvalue weighted by molar-refractivity contribution is 5.91. The fourth-order valence-corrected chi connectivity index (χ4v) is 3.23. The van der Waals surface area contributed by atoms with Crippen molar-refractivity contribution in [3.8, 4) is 0 Å². The summed E-state index contributed by atoms with van der Waals surface area (Å²) in [6, 6.07) is 7.88. The SMILES string of the molecule is CC(C)CC(=O)Nc1ccc(NCC(=O)N(C)C2CCCCC2)cc1. The van der Waals surface area contributed by atoms with Crippen LogP contribution >= 0.6 is 0 Å². The summed E-state index contributed by atoms with van der Waals surface area (Å²) in [7, 11) is 1.91. The van der Waals surface area contributed by atoms with E-state index in [0.29, 0.717) is 24.9 Å². The van der Waals surface area contributed by atoms with Gasteiger partial charge in [-0.25, -0.2) is 0 Å². The number of carbonyl (C=O) groups is 2. The monoisotopic (exact) mass is 345 g/mol. The maximum Gasteiger partial charge on any atom is 0.241 e. The second-order valence-corrected chi connectivity index (χ2v) is 7.37. The van der Waals surface area contributed by atoms with Gasteiger partial charge in [-0.1, -0.05) is 33.1 Å². The number of benzene rings is 1. The normalized spacial score (nSPS) is 15.0. The number of carbonyl (C=O) groups excluding carboxylic acids is 2. The highest BCUT2D eigenvalue weighted by atomic mass is 16.2. The van der Waals surface area contributed by atoms with E-state index in [-0.39, 0.29) is 11.8 Å². The Bertz CT molecular complexity index is 563. The third-order valence-corrected chi connectivity index (χ3v) is 4.72. The highest BCUT2D eigenvalue weighted by Gasteiger charge is 2.21. The largest absolute Gasteiger partial charge is 0.376 e. The lowest BCUT2D eigenvalue weighted by Gasteiger charge is -2.31. The van der Waals surface area contributed by atoms with Gasteiger partial charge in [0.05, 0.1) is 6.54 Å². The number of rotatable bonds is 7. The van der Waals surface area contributed by atoms with Crippen LogP contribution in [0, 0.1) is 5.92 Å². The molecule has 2 rings (SSSR count). The number of nitrogens with one attached hydrogen (secondary N) is 2. The van der Waals surface area contributed by atoms with Gasteiger partial charge in [0.2, 0.25) is 11.8 Å². The molecule has 0 radical (unpaired) electrons. The minimum Gasteiger partial charge on any atom is -0.376 e. The lowest BCUT2D eigenvalue weighted by molar-refractivity contribution is -0.130. The molecule has 5 nitrogen and oxygen atoms in total. The number of hydrogen-bond donors (Lipinski definition) is 2. The molecule has 0 saturated heterocycles. The van der Waals surface area contributed by atoms with Crippen LogP contribution in [-0.4, -0.2) is 36.3 Å². The Hall–Kier alpha value is -2.04. The quantitative estimate of drug-likeness (QED) is 0.788. The van der Waals surface area contributed by atoms with Crippen molar-refractivity contribution in [2.45, 2.75) is 58.4 Å². The number of anilines is 2. The molecule has 0 atom stereocenters. The molecule has 1 fully saturated rings. The molecule has 1 aromatic rings. The molecule has 0 bridgehead atoms. The maximum atomic E-state index is 12.3. The van der Waals surface area contributed by atoms with Crippen molar-refractivity contribution >= 4 is 23.2 Å². The molecule has 0 aromatic heterocycles. The van der Waals surface area contributed by atoms with Crippen molar-refractivity contribution in [2.75, 3.05) is 24.2 Å². The van der Waals surface area contributed by atoms with Crippen LogP contribution in [0.5, 0.6) is 0 Å². The van der Waals surface area contributed by atoms with Gasteiger partial charge in [0, 0.05) is 30.9 Å². The zero-order valence-corrected chi connectivity index (χ0v) is 15.7. The first kappa shape index (κ1) is 19.3. The number of nitrogens with zero attached hydrogens (tertiary/aromatic N) is 1. The molecule has 5 heteroatoms. The Morgan fingerprint density at radius 3 is 2.28 bits per heavy atom. The van der Waals surface area contributed by atoms with Crippen LogP contribution in [0.4, 0.5) is 11.4 Å². The molecule has 0 unspecified atom stereocenters. The number of likely N-dealkylation sites (N-methyl/N-ethyl adjacent to an activating group) is 1. The third-order valence-electron chi connectivity index (χ3n) is 4.72. The first-order valence-electron chi connectivity index (χ1n) is 9.35. The van der Waals surface area contributed by atoms with Crippen molar-refractivity contribution in [3.05, 3.63) is 24.3 Å². The number of hydrogen-bond acceptors (Lipinski definition) is 3. The van der Waals surface area contributed by atoms with Crippen LogP contribution in [0.1, 0.15) is 52.4 Å². The van der Waals surface area contributed by atoms with Gasteiger partial charge in [0.25, 0.3) is 0 Å². The molecule has 1 saturated carbocycles. The molecular formula is C20H31N3O2. The Balaban J connectivity index is 1.78. The molecule has 0 aliphatic heterocycles. The van der Waals surface area contributed by atoms with Gasteiger partial charge in [0.1, 0.15) is 0 Å². The summed E-state index contributed by atoms with van der Waals surface area (Å²) < 4.78 is 0. The fourth-order valence-electron chi connectivity index (χ4n) is 3.23. The lowest BCUT2D eigenvalue weighted by atomic mass is 9.94. The average Bonchev–Trinajstić information content (AvgIpc) is 2.60. The molecule has 1 aliphatic carbocycles. The summed E-state index contributed by atoms with van der Waals surface area (Å²) in [5.41, 5.74) is 1.66. The van der Waals surface area contributed by atoms with E-state index >= 15 is 0 Å². The van der Waals surface area contributed by atoms with E-state index in [1.807, 2.05) is 50.1 Å². The van der Waals surface area contributed by atoms with Gasteiger partial charge in [-0.3, -0.25) is 9.59 Å². The second-order valence-electron chi connectivity index (χ2n) is 7.37. The fraction of sp³-hybridized carbons (Fsp3) is 0.600. The van der Waals surface area contributed by atoms with Crippen LogP contribution in [0.2, 0.25) is 0 Å². The summed E-state index contributed by atoms with van der Waals surface area (Å²) in [5, 5.41) is 6.06. The average molecular weight is 345 g/mol. The molecule has 1 aromatic carbocycles. The van der Waals surface area contributed by atoms with E-state index < -0.39 is 0 Å². The molecule has 138 valence electrons. The van der Waals surface area contributed by atoms with Crippen LogP contribution in [-0.2, 0) is 9.59 Å². The van der Waals surface area contributed by atoms with Crippen molar-refractivity contribution < 1.29 is 9.59 Å². The van der Waals surface area contributed by atoms with Crippen LogP contribution in [0.15, 0.2) is 24.3 Å². The van der Waals surface area contributed by atoms with Crippen LogP contribution < -0.4 is 10.6 Å². The van der Waals surface area contributed by atoms with Crippen molar-refractivity contribution in [1.29, 1.82) is 0 Å². The molecule has 25 heavy (non-hydrogen) atoms. The van der Waals surface area contributed by atoms with Crippen molar-refractivity contribution in [3.63, 3.8) is 0 Å².